The number of amides is 1. The van der Waals surface area contributed by atoms with Gasteiger partial charge in [-0.1, -0.05) is 6.07 Å². The number of carbonyl (C=O) groups is 1. The Bertz CT molecular complexity index is 619. The highest BCUT2D eigenvalue weighted by molar-refractivity contribution is 5.80. The second kappa shape index (κ2) is 6.90. The summed E-state index contributed by atoms with van der Waals surface area (Å²) in [6.07, 6.45) is 3.38. The molecule has 20 heavy (non-hydrogen) atoms. The van der Waals surface area contributed by atoms with E-state index in [1.54, 1.807) is 30.6 Å². The van der Waals surface area contributed by atoms with Gasteiger partial charge in [-0.15, -0.1) is 0 Å². The number of rotatable bonds is 5. The number of nitriles is 1. The maximum Gasteiger partial charge on any atom is 0.239 e. The van der Waals surface area contributed by atoms with Crippen molar-refractivity contribution in [3.05, 3.63) is 59.9 Å². The fourth-order valence-electron chi connectivity index (χ4n) is 1.64. The molecule has 0 aliphatic heterocycles. The summed E-state index contributed by atoms with van der Waals surface area (Å²) < 4.78 is 0. The first-order valence-corrected chi connectivity index (χ1v) is 6.17. The number of pyridine rings is 1. The highest BCUT2D eigenvalue weighted by Crippen LogP contribution is 2.08. The van der Waals surface area contributed by atoms with Crippen LogP contribution in [-0.2, 0) is 11.3 Å². The molecule has 0 saturated heterocycles. The summed E-state index contributed by atoms with van der Waals surface area (Å²) in [6.45, 7) is 0.640. The third-order valence-electron chi connectivity index (χ3n) is 2.68. The number of benzene rings is 1. The van der Waals surface area contributed by atoms with Crippen LogP contribution in [0, 0.1) is 11.3 Å². The molecule has 5 nitrogen and oxygen atoms in total. The Hall–Kier alpha value is -2.87. The van der Waals surface area contributed by atoms with E-state index in [-0.39, 0.29) is 12.5 Å². The molecule has 0 spiro atoms. The van der Waals surface area contributed by atoms with Crippen LogP contribution in [0.25, 0.3) is 0 Å². The number of hydrogen-bond donors (Lipinski definition) is 2. The van der Waals surface area contributed by atoms with Gasteiger partial charge in [0.2, 0.25) is 5.91 Å². The van der Waals surface area contributed by atoms with E-state index in [1.165, 1.54) is 0 Å². The van der Waals surface area contributed by atoms with Gasteiger partial charge in [0.1, 0.15) is 0 Å². The molecule has 0 unspecified atom stereocenters. The summed E-state index contributed by atoms with van der Waals surface area (Å²) in [4.78, 5) is 15.6. The highest BCUT2D eigenvalue weighted by atomic mass is 16.1. The minimum atomic E-state index is -0.107. The van der Waals surface area contributed by atoms with Crippen LogP contribution in [0.2, 0.25) is 0 Å². The predicted molar refractivity (Wildman–Crippen MR) is 75.7 cm³/mol. The van der Waals surface area contributed by atoms with Crippen LogP contribution in [0.5, 0.6) is 0 Å². The average molecular weight is 266 g/mol. The van der Waals surface area contributed by atoms with Crippen molar-refractivity contribution < 1.29 is 4.79 Å². The number of nitrogens with zero attached hydrogens (tertiary/aromatic N) is 2. The lowest BCUT2D eigenvalue weighted by molar-refractivity contribution is -0.119. The van der Waals surface area contributed by atoms with Gasteiger partial charge in [-0.25, -0.2) is 0 Å². The third kappa shape index (κ3) is 4.10. The smallest absolute Gasteiger partial charge is 0.239 e. The van der Waals surface area contributed by atoms with Crippen molar-refractivity contribution in [1.82, 2.24) is 10.3 Å². The van der Waals surface area contributed by atoms with Gasteiger partial charge in [0.05, 0.1) is 18.2 Å². The molecule has 5 heteroatoms. The van der Waals surface area contributed by atoms with E-state index in [2.05, 4.69) is 21.7 Å². The quantitative estimate of drug-likeness (QED) is 0.863. The van der Waals surface area contributed by atoms with Crippen LogP contribution in [0.15, 0.2) is 48.8 Å². The first-order valence-electron chi connectivity index (χ1n) is 6.17. The first-order chi connectivity index (χ1) is 9.78. The molecule has 0 bridgehead atoms. The zero-order valence-electron chi connectivity index (χ0n) is 10.8. The predicted octanol–water partition coefficient (Wildman–Crippen LogP) is 1.68. The molecule has 0 aliphatic rings. The molecule has 1 aromatic heterocycles. The molecule has 2 aromatic rings. The van der Waals surface area contributed by atoms with Crippen molar-refractivity contribution in [2.45, 2.75) is 6.54 Å². The molecule has 1 aromatic carbocycles. The molecular weight excluding hydrogens is 252 g/mol. The lowest BCUT2D eigenvalue weighted by Gasteiger charge is -2.08. The molecule has 0 saturated carbocycles. The van der Waals surface area contributed by atoms with Gasteiger partial charge >= 0.3 is 0 Å². The van der Waals surface area contributed by atoms with E-state index < -0.39 is 0 Å². The van der Waals surface area contributed by atoms with E-state index >= 15 is 0 Å². The molecule has 0 fully saturated rings. The van der Waals surface area contributed by atoms with Gasteiger partial charge in [0, 0.05) is 24.6 Å². The third-order valence-corrected chi connectivity index (χ3v) is 2.68. The van der Waals surface area contributed by atoms with Crippen molar-refractivity contribution in [2.75, 3.05) is 11.9 Å². The van der Waals surface area contributed by atoms with Crippen molar-refractivity contribution in [3.8, 4) is 6.07 Å². The molecule has 0 aliphatic carbocycles. The summed E-state index contributed by atoms with van der Waals surface area (Å²) in [5.74, 6) is -0.107. The number of carbonyl (C=O) groups excluding carboxylic acids is 1. The summed E-state index contributed by atoms with van der Waals surface area (Å²) in [5.41, 5.74) is 2.31. The minimum Gasteiger partial charge on any atom is -0.376 e. The Morgan fingerprint density at radius 3 is 2.80 bits per heavy atom. The zero-order valence-corrected chi connectivity index (χ0v) is 10.8. The summed E-state index contributed by atoms with van der Waals surface area (Å²) >= 11 is 0. The normalized spacial score (nSPS) is 9.55. The van der Waals surface area contributed by atoms with Crippen LogP contribution in [-0.4, -0.2) is 17.4 Å². The zero-order chi connectivity index (χ0) is 14.2. The Morgan fingerprint density at radius 2 is 2.05 bits per heavy atom. The van der Waals surface area contributed by atoms with Gasteiger partial charge in [-0.3, -0.25) is 9.78 Å². The minimum absolute atomic E-state index is 0.107. The van der Waals surface area contributed by atoms with Crippen molar-refractivity contribution in [2.24, 2.45) is 0 Å². The summed E-state index contributed by atoms with van der Waals surface area (Å²) in [7, 11) is 0. The Labute approximate surface area is 117 Å². The topological polar surface area (TPSA) is 77.8 Å². The molecule has 2 rings (SSSR count). The van der Waals surface area contributed by atoms with Gasteiger partial charge in [-0.2, -0.15) is 5.26 Å². The Morgan fingerprint density at radius 1 is 1.25 bits per heavy atom. The van der Waals surface area contributed by atoms with E-state index in [1.807, 2.05) is 18.2 Å². The van der Waals surface area contributed by atoms with Gasteiger partial charge in [0.25, 0.3) is 0 Å². The SMILES string of the molecule is N#Cc1cccc(NCC(=O)NCc2ccncc2)c1. The maximum absolute atomic E-state index is 11.7. The first kappa shape index (κ1) is 13.6. The van der Waals surface area contributed by atoms with Crippen LogP contribution in [0.1, 0.15) is 11.1 Å². The molecular formula is C15H14N4O. The Kier molecular flexibility index (Phi) is 4.68. The lowest BCUT2D eigenvalue weighted by Crippen LogP contribution is -2.29. The van der Waals surface area contributed by atoms with Crippen LogP contribution in [0.4, 0.5) is 5.69 Å². The number of aromatic nitrogens is 1. The van der Waals surface area contributed by atoms with Gasteiger partial charge in [0.15, 0.2) is 0 Å². The fourth-order valence-corrected chi connectivity index (χ4v) is 1.64. The van der Waals surface area contributed by atoms with Crippen LogP contribution >= 0.6 is 0 Å². The van der Waals surface area contributed by atoms with Crippen molar-refractivity contribution in [1.29, 1.82) is 5.26 Å². The number of anilines is 1. The lowest BCUT2D eigenvalue weighted by atomic mass is 10.2. The average Bonchev–Trinajstić information content (AvgIpc) is 2.52. The second-order valence-corrected chi connectivity index (χ2v) is 4.18. The van der Waals surface area contributed by atoms with E-state index in [0.29, 0.717) is 12.1 Å². The molecule has 100 valence electrons. The summed E-state index contributed by atoms with van der Waals surface area (Å²) in [5, 5.41) is 14.6. The molecule has 1 amide bonds. The van der Waals surface area contributed by atoms with Crippen molar-refractivity contribution >= 4 is 11.6 Å². The monoisotopic (exact) mass is 266 g/mol. The number of nitrogens with one attached hydrogen (secondary N) is 2. The molecule has 0 atom stereocenters. The Balaban J connectivity index is 1.79. The van der Waals surface area contributed by atoms with E-state index in [9.17, 15) is 4.79 Å². The largest absolute Gasteiger partial charge is 0.376 e. The standard InChI is InChI=1S/C15H14N4O/c16-9-13-2-1-3-14(8-13)18-11-15(20)19-10-12-4-6-17-7-5-12/h1-8,18H,10-11H2,(H,19,20). The molecule has 2 N–H and O–H groups in total. The number of hydrogen-bond acceptors (Lipinski definition) is 4. The fraction of sp³-hybridized carbons (Fsp3) is 0.133. The van der Waals surface area contributed by atoms with Gasteiger partial charge in [-0.05, 0) is 35.9 Å². The highest BCUT2D eigenvalue weighted by Gasteiger charge is 2.01. The van der Waals surface area contributed by atoms with E-state index in [0.717, 1.165) is 11.3 Å². The second-order valence-electron chi connectivity index (χ2n) is 4.18. The van der Waals surface area contributed by atoms with Gasteiger partial charge < -0.3 is 10.6 Å². The van der Waals surface area contributed by atoms with Crippen LogP contribution in [0.3, 0.4) is 0 Å². The van der Waals surface area contributed by atoms with Crippen molar-refractivity contribution in [3.63, 3.8) is 0 Å². The van der Waals surface area contributed by atoms with E-state index in [4.69, 9.17) is 5.26 Å². The summed E-state index contributed by atoms with van der Waals surface area (Å²) in [6, 6.07) is 12.8. The molecule has 0 radical (unpaired) electrons. The maximum atomic E-state index is 11.7. The van der Waals surface area contributed by atoms with Crippen LogP contribution < -0.4 is 10.6 Å². The molecule has 1 heterocycles.